The highest BCUT2D eigenvalue weighted by molar-refractivity contribution is 7.80. The number of hydrogen-bond donors (Lipinski definition) is 1. The third-order valence-corrected chi connectivity index (χ3v) is 5.53. The van der Waals surface area contributed by atoms with Gasteiger partial charge in [0.05, 0.1) is 0 Å². The van der Waals surface area contributed by atoms with Crippen molar-refractivity contribution >= 4 is 17.2 Å². The van der Waals surface area contributed by atoms with Crippen molar-refractivity contribution in [2.24, 2.45) is 11.1 Å². The van der Waals surface area contributed by atoms with Gasteiger partial charge in [0.25, 0.3) is 0 Å². The van der Waals surface area contributed by atoms with E-state index in [1.165, 1.54) is 44.6 Å². The minimum absolute atomic E-state index is 0.214. The first-order valence-corrected chi connectivity index (χ1v) is 8.29. The zero-order chi connectivity index (χ0) is 14.9. The van der Waals surface area contributed by atoms with Crippen LogP contribution in [0.2, 0.25) is 0 Å². The van der Waals surface area contributed by atoms with Crippen LogP contribution >= 0.6 is 12.2 Å². The third-order valence-electron chi connectivity index (χ3n) is 5.31. The highest BCUT2D eigenvalue weighted by Gasteiger charge is 2.36. The lowest BCUT2D eigenvalue weighted by atomic mass is 9.77. The Balaban J connectivity index is 1.68. The van der Waals surface area contributed by atoms with E-state index in [1.54, 1.807) is 12.1 Å². The summed E-state index contributed by atoms with van der Waals surface area (Å²) in [5.74, 6) is -0.214. The second kappa shape index (κ2) is 6.01. The van der Waals surface area contributed by atoms with E-state index < -0.39 is 0 Å². The summed E-state index contributed by atoms with van der Waals surface area (Å²) in [4.78, 5) is 2.77. The van der Waals surface area contributed by atoms with Crippen molar-refractivity contribution in [2.45, 2.75) is 45.1 Å². The van der Waals surface area contributed by atoms with Gasteiger partial charge >= 0.3 is 0 Å². The van der Waals surface area contributed by atoms with Gasteiger partial charge < -0.3 is 5.73 Å². The maximum Gasteiger partial charge on any atom is 0.123 e. The smallest absolute Gasteiger partial charge is 0.123 e. The lowest BCUT2D eigenvalue weighted by Gasteiger charge is -2.39. The van der Waals surface area contributed by atoms with Crippen LogP contribution in [-0.2, 0) is 6.54 Å². The van der Waals surface area contributed by atoms with Crippen molar-refractivity contribution in [3.05, 3.63) is 35.1 Å². The molecule has 0 atom stereocenters. The van der Waals surface area contributed by atoms with Crippen LogP contribution in [0.1, 0.15) is 49.7 Å². The largest absolute Gasteiger partial charge is 0.389 e. The monoisotopic (exact) mass is 306 g/mol. The lowest BCUT2D eigenvalue weighted by molar-refractivity contribution is 0.103. The molecule has 0 radical (unpaired) electrons. The normalized spacial score (nSPS) is 21.8. The van der Waals surface area contributed by atoms with Crippen LogP contribution in [0.5, 0.6) is 0 Å². The molecule has 1 aromatic rings. The molecule has 0 unspecified atom stereocenters. The second-order valence-electron chi connectivity index (χ2n) is 6.65. The third kappa shape index (κ3) is 3.27. The fraction of sp³-hybridized carbons (Fsp3) is 0.588. The van der Waals surface area contributed by atoms with Crippen LogP contribution in [0.15, 0.2) is 18.2 Å². The Hall–Kier alpha value is -1.00. The van der Waals surface area contributed by atoms with Gasteiger partial charge in [-0.1, -0.05) is 25.1 Å². The van der Waals surface area contributed by atoms with E-state index in [0.717, 1.165) is 30.8 Å². The molecule has 1 heterocycles. The summed E-state index contributed by atoms with van der Waals surface area (Å²) >= 11 is 5.08. The van der Waals surface area contributed by atoms with E-state index in [1.807, 2.05) is 0 Å². The van der Waals surface area contributed by atoms with Gasteiger partial charge in [-0.05, 0) is 68.0 Å². The van der Waals surface area contributed by atoms with Crippen molar-refractivity contribution in [1.82, 2.24) is 4.90 Å². The van der Waals surface area contributed by atoms with Crippen LogP contribution in [0.3, 0.4) is 0 Å². The predicted octanol–water partition coefficient (Wildman–Crippen LogP) is 3.62. The van der Waals surface area contributed by atoms with Crippen LogP contribution in [0, 0.1) is 11.2 Å². The zero-order valence-electron chi connectivity index (χ0n) is 12.4. The fourth-order valence-corrected chi connectivity index (χ4v) is 4.18. The summed E-state index contributed by atoms with van der Waals surface area (Å²) in [5, 5.41) is 0. The van der Waals surface area contributed by atoms with Crippen LogP contribution in [-0.4, -0.2) is 23.0 Å². The average Bonchev–Trinajstić information content (AvgIpc) is 2.90. The first-order chi connectivity index (χ1) is 10.1. The van der Waals surface area contributed by atoms with Gasteiger partial charge in [-0.25, -0.2) is 4.39 Å². The summed E-state index contributed by atoms with van der Waals surface area (Å²) in [6.45, 7) is 2.96. The van der Waals surface area contributed by atoms with E-state index >= 15 is 0 Å². The zero-order valence-corrected chi connectivity index (χ0v) is 13.2. The summed E-state index contributed by atoms with van der Waals surface area (Å²) in [5.41, 5.74) is 8.10. The van der Waals surface area contributed by atoms with Crippen molar-refractivity contribution in [3.8, 4) is 0 Å². The molecule has 2 aliphatic rings. The Kier molecular flexibility index (Phi) is 4.27. The quantitative estimate of drug-likeness (QED) is 0.865. The van der Waals surface area contributed by atoms with Crippen molar-refractivity contribution in [2.75, 3.05) is 13.1 Å². The molecule has 2 nitrogen and oxygen atoms in total. The molecular formula is C17H23FN2S. The molecule has 1 spiro atoms. The molecule has 0 amide bonds. The number of piperidine rings is 1. The molecule has 1 saturated carbocycles. The van der Waals surface area contributed by atoms with Crippen LogP contribution in [0.25, 0.3) is 0 Å². The highest BCUT2D eigenvalue weighted by Crippen LogP contribution is 2.46. The van der Waals surface area contributed by atoms with Gasteiger partial charge in [0.2, 0.25) is 0 Å². The Morgan fingerprint density at radius 3 is 2.48 bits per heavy atom. The number of halogens is 1. The van der Waals surface area contributed by atoms with Crippen molar-refractivity contribution in [3.63, 3.8) is 0 Å². The number of likely N-dealkylation sites (tertiary alicyclic amines) is 1. The van der Waals surface area contributed by atoms with E-state index in [0.29, 0.717) is 10.4 Å². The second-order valence-corrected chi connectivity index (χ2v) is 7.09. The molecule has 2 fully saturated rings. The molecule has 21 heavy (non-hydrogen) atoms. The maximum absolute atomic E-state index is 13.5. The molecule has 1 aliphatic heterocycles. The summed E-state index contributed by atoms with van der Waals surface area (Å²) in [6, 6.07) is 4.71. The van der Waals surface area contributed by atoms with Crippen LogP contribution in [0.4, 0.5) is 4.39 Å². The molecule has 0 aromatic heterocycles. The molecular weight excluding hydrogens is 283 g/mol. The molecule has 3 rings (SSSR count). The number of thiocarbonyl (C=S) groups is 1. The van der Waals surface area contributed by atoms with Gasteiger partial charge in [-0.15, -0.1) is 0 Å². The minimum Gasteiger partial charge on any atom is -0.389 e. The van der Waals surface area contributed by atoms with Gasteiger partial charge in [0.15, 0.2) is 0 Å². The molecule has 2 N–H and O–H groups in total. The van der Waals surface area contributed by atoms with Gasteiger partial charge in [-0.3, -0.25) is 4.90 Å². The number of rotatable bonds is 3. The van der Waals surface area contributed by atoms with Gasteiger partial charge in [0, 0.05) is 12.1 Å². The van der Waals surface area contributed by atoms with Crippen molar-refractivity contribution in [1.29, 1.82) is 0 Å². The van der Waals surface area contributed by atoms with E-state index in [4.69, 9.17) is 18.0 Å². The first kappa shape index (κ1) is 14.9. The molecule has 0 bridgehead atoms. The number of benzene rings is 1. The maximum atomic E-state index is 13.5. The molecule has 114 valence electrons. The fourth-order valence-electron chi connectivity index (χ4n) is 3.98. The van der Waals surface area contributed by atoms with Crippen molar-refractivity contribution < 1.29 is 4.39 Å². The number of nitrogens with zero attached hydrogens (tertiary/aromatic N) is 1. The number of hydrogen-bond acceptors (Lipinski definition) is 2. The van der Waals surface area contributed by atoms with Gasteiger partial charge in [-0.2, -0.15) is 0 Å². The summed E-state index contributed by atoms with van der Waals surface area (Å²) in [6.07, 6.45) is 8.16. The SMILES string of the molecule is NC(=S)c1ccc(F)cc1CN1CCC2(CCCC2)CC1. The lowest BCUT2D eigenvalue weighted by Crippen LogP contribution is -2.38. The number of nitrogens with two attached hydrogens (primary N) is 1. The van der Waals surface area contributed by atoms with Crippen LogP contribution < -0.4 is 5.73 Å². The molecule has 4 heteroatoms. The first-order valence-electron chi connectivity index (χ1n) is 7.89. The predicted molar refractivity (Wildman–Crippen MR) is 87.7 cm³/mol. The summed E-state index contributed by atoms with van der Waals surface area (Å²) in [7, 11) is 0. The minimum atomic E-state index is -0.214. The van der Waals surface area contributed by atoms with E-state index in [2.05, 4.69) is 4.90 Å². The molecule has 1 aliphatic carbocycles. The summed E-state index contributed by atoms with van der Waals surface area (Å²) < 4.78 is 13.5. The van der Waals surface area contributed by atoms with Gasteiger partial charge in [0.1, 0.15) is 10.8 Å². The Morgan fingerprint density at radius 2 is 1.86 bits per heavy atom. The Bertz CT molecular complexity index is 528. The Labute approximate surface area is 131 Å². The molecule has 1 saturated heterocycles. The standard InChI is InChI=1S/C17H23FN2S/c18-14-3-4-15(16(19)21)13(11-14)12-20-9-7-17(8-10-20)5-1-2-6-17/h3-4,11H,1-2,5-10,12H2,(H2,19,21). The highest BCUT2D eigenvalue weighted by atomic mass is 32.1. The average molecular weight is 306 g/mol. The van der Waals surface area contributed by atoms with E-state index in [-0.39, 0.29) is 5.82 Å². The van der Waals surface area contributed by atoms with E-state index in [9.17, 15) is 4.39 Å². The molecule has 1 aromatic carbocycles. The topological polar surface area (TPSA) is 29.3 Å². The Morgan fingerprint density at radius 1 is 1.19 bits per heavy atom.